The Kier molecular flexibility index (Phi) is 4.80. The van der Waals surface area contributed by atoms with Crippen molar-refractivity contribution in [2.45, 2.75) is 69.8 Å². The summed E-state index contributed by atoms with van der Waals surface area (Å²) in [5.41, 5.74) is 7.87. The van der Waals surface area contributed by atoms with Gasteiger partial charge in [-0.3, -0.25) is 0 Å². The molecule has 3 aliphatic carbocycles. The van der Waals surface area contributed by atoms with E-state index in [1.54, 1.807) is 0 Å². The first-order valence-electron chi connectivity index (χ1n) is 10.7. The molecular weight excluding hydrogens is 418 g/mol. The molecule has 9 heteroatoms. The Hall–Kier alpha value is -2.81. The topological polar surface area (TPSA) is 121 Å². The first-order valence-corrected chi connectivity index (χ1v) is 12.2. The summed E-state index contributed by atoms with van der Waals surface area (Å²) in [7, 11) is -4.21. The maximum atomic E-state index is 12.8. The molecule has 0 fully saturated rings. The van der Waals surface area contributed by atoms with Crippen LogP contribution in [0, 0.1) is 6.92 Å². The average Bonchev–Trinajstić information content (AvgIpc) is 3.49. The Labute approximate surface area is 180 Å². The predicted molar refractivity (Wildman–Crippen MR) is 115 cm³/mol. The fourth-order valence-electron chi connectivity index (χ4n) is 5.31. The number of aryl methyl sites for hydroxylation is 1. The lowest BCUT2D eigenvalue weighted by atomic mass is 9.93. The molecule has 2 aromatic rings. The fraction of sp³-hybridized carbons (Fsp3) is 0.455. The Balaban J connectivity index is 1.42. The number of fused-ring (bicyclic) bond motifs is 3. The molecule has 0 unspecified atom stereocenters. The third-order valence-electron chi connectivity index (χ3n) is 6.71. The van der Waals surface area contributed by atoms with Crippen molar-refractivity contribution in [3.05, 3.63) is 45.2 Å². The summed E-state index contributed by atoms with van der Waals surface area (Å²) in [6, 6.07) is 0.526. The molecule has 3 N–H and O–H groups in total. The van der Waals surface area contributed by atoms with Gasteiger partial charge < -0.3 is 14.9 Å². The minimum Gasteiger partial charge on any atom is -0.447 e. The number of rotatable bonds is 3. The molecule has 164 valence electrons. The van der Waals surface area contributed by atoms with Crippen LogP contribution in [0.15, 0.2) is 20.7 Å². The maximum Gasteiger partial charge on any atom is 0.333 e. The molecule has 0 atom stereocenters. The summed E-state index contributed by atoms with van der Waals surface area (Å²) in [6.07, 6.45) is 7.65. The highest BCUT2D eigenvalue weighted by molar-refractivity contribution is 7.89. The van der Waals surface area contributed by atoms with Crippen LogP contribution < -0.4 is 10.0 Å². The smallest absolute Gasteiger partial charge is 0.333 e. The van der Waals surface area contributed by atoms with Crippen molar-refractivity contribution in [2.75, 3.05) is 5.32 Å². The number of nitrogens with one attached hydrogen (secondary N) is 2. The molecule has 0 bridgehead atoms. The number of carbonyl (C=O) groups excluding carboxylic acids is 1. The molecular formula is C22H25N3O5S. The van der Waals surface area contributed by atoms with Crippen molar-refractivity contribution in [1.82, 2.24) is 4.72 Å². The zero-order valence-electron chi connectivity index (χ0n) is 17.4. The van der Waals surface area contributed by atoms with E-state index in [-0.39, 0.29) is 5.09 Å². The van der Waals surface area contributed by atoms with Crippen LogP contribution in [-0.2, 0) is 42.1 Å². The van der Waals surface area contributed by atoms with E-state index in [1.807, 2.05) is 0 Å². The lowest BCUT2D eigenvalue weighted by molar-refractivity contribution is 0.256. The molecule has 0 aliphatic heterocycles. The summed E-state index contributed by atoms with van der Waals surface area (Å²) < 4.78 is 33.2. The van der Waals surface area contributed by atoms with Gasteiger partial charge in [0.05, 0.1) is 5.71 Å². The number of hydrogen-bond donors (Lipinski definition) is 3. The molecule has 0 saturated carbocycles. The number of nitrogens with zero attached hydrogens (tertiary/aromatic N) is 1. The number of anilines is 1. The van der Waals surface area contributed by atoms with Gasteiger partial charge >= 0.3 is 6.03 Å². The van der Waals surface area contributed by atoms with Gasteiger partial charge in [0, 0.05) is 23.7 Å². The molecule has 1 aromatic carbocycles. The van der Waals surface area contributed by atoms with E-state index in [2.05, 4.69) is 22.1 Å². The number of sulfonamides is 1. The summed E-state index contributed by atoms with van der Waals surface area (Å²) in [5.74, 6) is 0.453. The third kappa shape index (κ3) is 3.31. The normalized spacial score (nSPS) is 18.5. The van der Waals surface area contributed by atoms with E-state index in [9.17, 15) is 13.2 Å². The van der Waals surface area contributed by atoms with E-state index in [0.717, 1.165) is 55.3 Å². The van der Waals surface area contributed by atoms with Gasteiger partial charge in [-0.25, -0.2) is 9.52 Å². The van der Waals surface area contributed by atoms with Crippen LogP contribution in [0.25, 0.3) is 0 Å². The number of carbonyl (C=O) groups is 1. The Bertz CT molecular complexity index is 1190. The summed E-state index contributed by atoms with van der Waals surface area (Å²) in [6.45, 7) is 2.16. The SMILES string of the molecule is Cc1c2c(c(NC(=O)NS(=O)(=O)c3cc4c(o3)CCC/C4=N/O)c3c1CCC3)CCC2. The molecule has 31 heavy (non-hydrogen) atoms. The van der Waals surface area contributed by atoms with Crippen LogP contribution in [0.4, 0.5) is 10.5 Å². The second-order valence-corrected chi connectivity index (χ2v) is 10.1. The third-order valence-corrected chi connectivity index (χ3v) is 7.90. The van der Waals surface area contributed by atoms with Gasteiger partial charge in [0.1, 0.15) is 5.76 Å². The largest absolute Gasteiger partial charge is 0.447 e. The molecule has 1 heterocycles. The fourth-order valence-corrected chi connectivity index (χ4v) is 6.19. The molecule has 2 amide bonds. The highest BCUT2D eigenvalue weighted by atomic mass is 32.2. The first-order chi connectivity index (χ1) is 14.9. The quantitative estimate of drug-likeness (QED) is 0.494. The predicted octanol–water partition coefficient (Wildman–Crippen LogP) is 3.59. The van der Waals surface area contributed by atoms with Gasteiger partial charge in [-0.15, -0.1) is 0 Å². The van der Waals surface area contributed by atoms with Gasteiger partial charge in [0.25, 0.3) is 10.0 Å². The van der Waals surface area contributed by atoms with E-state index in [1.165, 1.54) is 22.8 Å². The summed E-state index contributed by atoms with van der Waals surface area (Å²) in [4.78, 5) is 12.7. The second-order valence-electron chi connectivity index (χ2n) is 8.48. The number of urea groups is 1. The van der Waals surface area contributed by atoms with Gasteiger partial charge in [0.15, 0.2) is 0 Å². The number of hydrogen-bond acceptors (Lipinski definition) is 6. The van der Waals surface area contributed by atoms with E-state index in [4.69, 9.17) is 9.62 Å². The number of benzene rings is 1. The minimum atomic E-state index is -4.21. The number of oxime groups is 1. The van der Waals surface area contributed by atoms with Gasteiger partial charge in [-0.05, 0) is 86.1 Å². The first kappa shape index (κ1) is 20.1. The van der Waals surface area contributed by atoms with Crippen molar-refractivity contribution in [3.8, 4) is 0 Å². The van der Waals surface area contributed by atoms with Gasteiger partial charge in [0.2, 0.25) is 5.09 Å². The summed E-state index contributed by atoms with van der Waals surface area (Å²) >= 11 is 0. The minimum absolute atomic E-state index is 0.352. The Morgan fingerprint density at radius 2 is 1.61 bits per heavy atom. The van der Waals surface area contributed by atoms with Crippen LogP contribution >= 0.6 is 0 Å². The van der Waals surface area contributed by atoms with Crippen molar-refractivity contribution in [1.29, 1.82) is 0 Å². The molecule has 5 rings (SSSR count). The van der Waals surface area contributed by atoms with Crippen LogP contribution in [0.2, 0.25) is 0 Å². The van der Waals surface area contributed by atoms with Crippen molar-refractivity contribution in [3.63, 3.8) is 0 Å². The molecule has 8 nitrogen and oxygen atoms in total. The van der Waals surface area contributed by atoms with Crippen molar-refractivity contribution >= 4 is 27.5 Å². The monoisotopic (exact) mass is 443 g/mol. The molecule has 3 aliphatic rings. The highest BCUT2D eigenvalue weighted by Gasteiger charge is 2.31. The zero-order chi connectivity index (χ0) is 21.8. The lowest BCUT2D eigenvalue weighted by Crippen LogP contribution is -2.34. The molecule has 1 aromatic heterocycles. The molecule has 0 saturated heterocycles. The van der Waals surface area contributed by atoms with E-state index in [0.29, 0.717) is 36.3 Å². The van der Waals surface area contributed by atoms with Crippen molar-refractivity contribution in [2.24, 2.45) is 5.16 Å². The number of furan rings is 1. The van der Waals surface area contributed by atoms with Gasteiger partial charge in [-0.1, -0.05) is 5.16 Å². The second kappa shape index (κ2) is 7.40. The van der Waals surface area contributed by atoms with Crippen LogP contribution in [0.5, 0.6) is 0 Å². The maximum absolute atomic E-state index is 12.8. The average molecular weight is 444 g/mol. The van der Waals surface area contributed by atoms with Gasteiger partial charge in [-0.2, -0.15) is 8.42 Å². The number of amides is 2. The summed E-state index contributed by atoms with van der Waals surface area (Å²) in [5, 5.41) is 14.9. The zero-order valence-corrected chi connectivity index (χ0v) is 18.2. The lowest BCUT2D eigenvalue weighted by Gasteiger charge is -2.19. The van der Waals surface area contributed by atoms with Crippen LogP contribution in [0.3, 0.4) is 0 Å². The molecule has 0 radical (unpaired) electrons. The van der Waals surface area contributed by atoms with E-state index < -0.39 is 16.1 Å². The molecule has 0 spiro atoms. The Morgan fingerprint density at radius 3 is 2.26 bits per heavy atom. The van der Waals surface area contributed by atoms with Crippen LogP contribution in [0.1, 0.15) is 64.8 Å². The van der Waals surface area contributed by atoms with Crippen molar-refractivity contribution < 1.29 is 22.8 Å². The highest BCUT2D eigenvalue weighted by Crippen LogP contribution is 2.41. The van der Waals surface area contributed by atoms with E-state index >= 15 is 0 Å². The van der Waals surface area contributed by atoms with Crippen LogP contribution in [-0.4, -0.2) is 25.4 Å². The standard InChI is InChI=1S/C22H25N3O5S/c1-12-13-5-2-7-15(13)21(16-8-3-6-14(12)16)23-22(26)25-31(28,29)20-11-17-18(24-27)9-4-10-19(17)30-20/h11,27H,2-10H2,1H3,(H2,23,25,26)/b24-18-. The Morgan fingerprint density at radius 1 is 1.00 bits per heavy atom.